The number of nitrogens with one attached hydrogen (secondary N) is 2. The van der Waals surface area contributed by atoms with Crippen molar-refractivity contribution >= 4 is 38.8 Å². The maximum absolute atomic E-state index is 12.7. The lowest BCUT2D eigenvalue weighted by Gasteiger charge is -2.12. The van der Waals surface area contributed by atoms with Gasteiger partial charge in [0.1, 0.15) is 4.88 Å². The first kappa shape index (κ1) is 20.1. The topological polar surface area (TPSA) is 120 Å². The molecule has 0 bridgehead atoms. The average molecular weight is 447 g/mol. The van der Waals surface area contributed by atoms with E-state index in [9.17, 15) is 13.2 Å². The van der Waals surface area contributed by atoms with E-state index >= 15 is 0 Å². The van der Waals surface area contributed by atoms with E-state index in [2.05, 4.69) is 19.6 Å². The van der Waals surface area contributed by atoms with Crippen molar-refractivity contribution in [2.45, 2.75) is 18.2 Å². The molecule has 1 amide bonds. The molecule has 4 rings (SSSR count). The fraction of sp³-hybridized carbons (Fsp3) is 0.211. The third-order valence-electron chi connectivity index (χ3n) is 4.28. The van der Waals surface area contributed by atoms with Crippen LogP contribution in [-0.2, 0) is 10.0 Å². The summed E-state index contributed by atoms with van der Waals surface area (Å²) in [5.74, 6) is 0.613. The number of hydrogen-bond donors (Lipinski definition) is 2. The van der Waals surface area contributed by atoms with Crippen molar-refractivity contribution in [1.82, 2.24) is 9.59 Å². The molecule has 2 aromatic carbocycles. The normalized spacial score (nSPS) is 13.4. The van der Waals surface area contributed by atoms with Crippen LogP contribution < -0.4 is 19.5 Å². The number of carbonyl (C=O) groups excluding carboxylic acids is 1. The van der Waals surface area contributed by atoms with E-state index in [-0.39, 0.29) is 10.8 Å². The molecule has 0 spiro atoms. The van der Waals surface area contributed by atoms with Gasteiger partial charge in [0, 0.05) is 23.9 Å². The zero-order valence-corrected chi connectivity index (χ0v) is 17.5. The Balaban J connectivity index is 1.47. The second kappa shape index (κ2) is 8.28. The summed E-state index contributed by atoms with van der Waals surface area (Å²) in [7, 11) is -3.82. The summed E-state index contributed by atoms with van der Waals surface area (Å²) in [5, 5.41) is 6.54. The lowest BCUT2D eigenvalue weighted by molar-refractivity contribution is 0.103. The van der Waals surface area contributed by atoms with E-state index < -0.39 is 10.0 Å². The molecule has 0 fully saturated rings. The largest absolute Gasteiger partial charge is 0.490 e. The summed E-state index contributed by atoms with van der Waals surface area (Å²) in [5.41, 5.74) is 1.43. The molecule has 3 aromatic rings. The smallest absolute Gasteiger partial charge is 0.269 e. The zero-order valence-electron chi connectivity index (χ0n) is 15.9. The average Bonchev–Trinajstić information content (AvgIpc) is 3.01. The minimum atomic E-state index is -3.82. The number of amides is 1. The summed E-state index contributed by atoms with van der Waals surface area (Å²) in [6.07, 6.45) is 0.733. The number of ether oxygens (including phenoxy) is 2. The SMILES string of the molecule is Cc1nnsc1C(=O)Nc1ccc(NS(=O)(=O)c2ccc3c(c2)OCCCO3)cc1. The molecule has 2 heterocycles. The quantitative estimate of drug-likeness (QED) is 0.618. The molecule has 0 aliphatic carbocycles. The highest BCUT2D eigenvalue weighted by Crippen LogP contribution is 2.32. The van der Waals surface area contributed by atoms with Gasteiger partial charge >= 0.3 is 0 Å². The molecule has 30 heavy (non-hydrogen) atoms. The number of sulfonamides is 1. The monoisotopic (exact) mass is 446 g/mol. The van der Waals surface area contributed by atoms with Gasteiger partial charge in [-0.15, -0.1) is 5.10 Å². The van der Waals surface area contributed by atoms with Gasteiger partial charge in [0.25, 0.3) is 15.9 Å². The van der Waals surface area contributed by atoms with Crippen LogP contribution in [0.2, 0.25) is 0 Å². The van der Waals surface area contributed by atoms with Crippen LogP contribution in [0, 0.1) is 6.92 Å². The summed E-state index contributed by atoms with van der Waals surface area (Å²) in [6, 6.07) is 10.8. The molecule has 1 aliphatic heterocycles. The third-order valence-corrected chi connectivity index (χ3v) is 6.49. The van der Waals surface area contributed by atoms with Gasteiger partial charge in [-0.1, -0.05) is 4.49 Å². The molecular formula is C19H18N4O5S2. The third kappa shape index (κ3) is 4.36. The standard InChI is InChI=1S/C19H18N4O5S2/c1-12-18(29-23-21-12)19(24)20-13-3-5-14(6-4-13)22-30(25,26)15-7-8-16-17(11-15)28-10-2-9-27-16/h3-8,11,22H,2,9-10H2,1H3,(H,20,24). The van der Waals surface area contributed by atoms with Gasteiger partial charge in [-0.05, 0) is 54.9 Å². The van der Waals surface area contributed by atoms with Crippen LogP contribution >= 0.6 is 11.5 Å². The lowest BCUT2D eigenvalue weighted by Crippen LogP contribution is -2.14. The molecule has 11 heteroatoms. The maximum atomic E-state index is 12.7. The van der Waals surface area contributed by atoms with Crippen molar-refractivity contribution in [3.8, 4) is 11.5 Å². The molecule has 0 radical (unpaired) electrons. The number of nitrogens with zero attached hydrogens (tertiary/aromatic N) is 2. The second-order valence-corrected chi connectivity index (χ2v) is 8.92. The second-order valence-electron chi connectivity index (χ2n) is 6.48. The van der Waals surface area contributed by atoms with Crippen molar-refractivity contribution in [3.05, 3.63) is 53.0 Å². The number of hydrogen-bond acceptors (Lipinski definition) is 8. The van der Waals surface area contributed by atoms with Crippen LogP contribution in [0.5, 0.6) is 11.5 Å². The number of rotatable bonds is 5. The van der Waals surface area contributed by atoms with Crippen LogP contribution in [0.3, 0.4) is 0 Å². The van der Waals surface area contributed by atoms with Gasteiger partial charge in [0.2, 0.25) is 0 Å². The number of carbonyl (C=O) groups is 1. The minimum Gasteiger partial charge on any atom is -0.490 e. The van der Waals surface area contributed by atoms with Crippen LogP contribution in [0.25, 0.3) is 0 Å². The van der Waals surface area contributed by atoms with E-state index in [1.165, 1.54) is 12.1 Å². The maximum Gasteiger partial charge on any atom is 0.269 e. The zero-order chi connectivity index (χ0) is 21.1. The minimum absolute atomic E-state index is 0.0669. The predicted molar refractivity (Wildman–Crippen MR) is 112 cm³/mol. The van der Waals surface area contributed by atoms with E-state index in [0.29, 0.717) is 46.7 Å². The van der Waals surface area contributed by atoms with Crippen LogP contribution in [0.15, 0.2) is 47.4 Å². The van der Waals surface area contributed by atoms with Crippen molar-refractivity contribution in [2.75, 3.05) is 23.3 Å². The molecule has 1 aliphatic rings. The number of fused-ring (bicyclic) bond motifs is 1. The predicted octanol–water partition coefficient (Wildman–Crippen LogP) is 3.06. The Morgan fingerprint density at radius 3 is 2.43 bits per heavy atom. The highest BCUT2D eigenvalue weighted by Gasteiger charge is 2.19. The van der Waals surface area contributed by atoms with Gasteiger partial charge in [-0.2, -0.15) is 0 Å². The van der Waals surface area contributed by atoms with Crippen LogP contribution in [0.1, 0.15) is 21.8 Å². The number of benzene rings is 2. The Labute approximate surface area is 177 Å². The summed E-state index contributed by atoms with van der Waals surface area (Å²) in [6.45, 7) is 2.70. The van der Waals surface area contributed by atoms with E-state index in [4.69, 9.17) is 9.47 Å². The number of aromatic nitrogens is 2. The highest BCUT2D eigenvalue weighted by atomic mass is 32.2. The van der Waals surface area contributed by atoms with Gasteiger partial charge in [0.15, 0.2) is 11.5 Å². The van der Waals surface area contributed by atoms with E-state index in [1.807, 2.05) is 0 Å². The first-order valence-corrected chi connectivity index (χ1v) is 11.3. The summed E-state index contributed by atoms with van der Waals surface area (Å²) < 4.78 is 42.8. The molecule has 1 aromatic heterocycles. The Morgan fingerprint density at radius 1 is 1.03 bits per heavy atom. The Bertz CT molecular complexity index is 1180. The van der Waals surface area contributed by atoms with Crippen molar-refractivity contribution in [3.63, 3.8) is 0 Å². The molecule has 0 unspecified atom stereocenters. The summed E-state index contributed by atoms with van der Waals surface area (Å²) in [4.78, 5) is 12.7. The Hall–Kier alpha value is -3.18. The van der Waals surface area contributed by atoms with E-state index in [1.54, 1.807) is 37.3 Å². The first-order valence-electron chi connectivity index (χ1n) is 9.05. The fourth-order valence-corrected chi connectivity index (χ4v) is 4.40. The molecule has 2 N–H and O–H groups in total. The molecule has 0 saturated carbocycles. The van der Waals surface area contributed by atoms with Gasteiger partial charge in [-0.3, -0.25) is 9.52 Å². The molecule has 0 atom stereocenters. The lowest BCUT2D eigenvalue weighted by atomic mass is 10.3. The summed E-state index contributed by atoms with van der Waals surface area (Å²) >= 11 is 1.01. The molecule has 0 saturated heterocycles. The van der Waals surface area contributed by atoms with Crippen molar-refractivity contribution < 1.29 is 22.7 Å². The van der Waals surface area contributed by atoms with E-state index in [0.717, 1.165) is 18.0 Å². The van der Waals surface area contributed by atoms with Gasteiger partial charge < -0.3 is 14.8 Å². The molecule has 156 valence electrons. The van der Waals surface area contributed by atoms with Crippen molar-refractivity contribution in [1.29, 1.82) is 0 Å². The molecule has 9 nitrogen and oxygen atoms in total. The molecular weight excluding hydrogens is 428 g/mol. The van der Waals surface area contributed by atoms with Crippen LogP contribution in [0.4, 0.5) is 11.4 Å². The van der Waals surface area contributed by atoms with Gasteiger partial charge in [0.05, 0.1) is 23.8 Å². The number of aryl methyl sites for hydroxylation is 1. The highest BCUT2D eigenvalue weighted by molar-refractivity contribution is 7.92. The Kier molecular flexibility index (Phi) is 5.55. The van der Waals surface area contributed by atoms with Crippen molar-refractivity contribution in [2.24, 2.45) is 0 Å². The first-order chi connectivity index (χ1) is 14.4. The Morgan fingerprint density at radius 2 is 1.73 bits per heavy atom. The fourth-order valence-electron chi connectivity index (χ4n) is 2.77. The van der Waals surface area contributed by atoms with Crippen LogP contribution in [-0.4, -0.2) is 37.1 Å². The van der Waals surface area contributed by atoms with Gasteiger partial charge in [-0.25, -0.2) is 8.42 Å². The number of anilines is 2.